The Balaban J connectivity index is 1.43. The number of fused-ring (bicyclic) bond motifs is 2. The van der Waals surface area contributed by atoms with Crippen molar-refractivity contribution in [2.24, 2.45) is 0 Å². The van der Waals surface area contributed by atoms with E-state index in [0.29, 0.717) is 0 Å². The van der Waals surface area contributed by atoms with E-state index in [9.17, 15) is 0 Å². The molecule has 7 aromatic rings. The van der Waals surface area contributed by atoms with Gasteiger partial charge in [-0.3, -0.25) is 0 Å². The first-order valence-electron chi connectivity index (χ1n) is 15.1. The molecule has 2 aliphatic heterocycles. The van der Waals surface area contributed by atoms with Crippen LogP contribution < -0.4 is 35.2 Å². The number of rotatable bonds is 5. The summed E-state index contributed by atoms with van der Waals surface area (Å²) in [6.07, 6.45) is 0. The maximum atomic E-state index is 7.48. The van der Waals surface area contributed by atoms with E-state index >= 15 is 0 Å². The van der Waals surface area contributed by atoms with Gasteiger partial charge in [0.15, 0.2) is 0 Å². The Morgan fingerprint density at radius 1 is 0.409 bits per heavy atom. The maximum absolute atomic E-state index is 7.48. The third-order valence-electron chi connectivity index (χ3n) is 9.44. The van der Waals surface area contributed by atoms with Crippen LogP contribution in [0, 0.1) is 0 Å². The Kier molecular flexibility index (Phi) is 5.38. The summed E-state index contributed by atoms with van der Waals surface area (Å²) >= 11 is 0. The Hall–Kier alpha value is -4.95. The van der Waals surface area contributed by atoms with Crippen LogP contribution in [-0.4, -0.2) is 8.07 Å². The minimum absolute atomic E-state index is 0.886. The fourth-order valence-corrected chi connectivity index (χ4v) is 17.5. The van der Waals surface area contributed by atoms with Crippen LogP contribution in [0.2, 0.25) is 0 Å². The Morgan fingerprint density at radius 2 is 0.795 bits per heavy atom. The molecule has 0 aliphatic carbocycles. The number of hydrogen-bond acceptors (Lipinski definition) is 2. The summed E-state index contributed by atoms with van der Waals surface area (Å²) in [5, 5.41) is 10.9. The molecule has 0 saturated carbocycles. The molecule has 44 heavy (non-hydrogen) atoms. The topological polar surface area (TPSA) is 18.5 Å². The standard InChI is InChI=1S/C40H29O2PSi/c1-4-18-32(19-5-1)44(33-20-6-2-7-21-33,34-22-8-3-9-23-34)29-28-43(37-26-12-16-30-14-10-24-35(41-43)39(30)37)38-27-13-17-31-15-11-25-36(42-43)40(31)38/h1-29H/b29-28+. The summed E-state index contributed by atoms with van der Waals surface area (Å²) in [5.41, 5.74) is 2.51. The molecular formula is C40H29O2PSi. The summed E-state index contributed by atoms with van der Waals surface area (Å²) in [7, 11) is -6.68. The van der Waals surface area contributed by atoms with Gasteiger partial charge in [0.05, 0.1) is 0 Å². The quantitative estimate of drug-likeness (QED) is 0.117. The second-order valence-corrected chi connectivity index (χ2v) is 19.0. The van der Waals surface area contributed by atoms with Gasteiger partial charge in [-0.25, -0.2) is 0 Å². The van der Waals surface area contributed by atoms with Gasteiger partial charge < -0.3 is 0 Å². The molecule has 0 amide bonds. The van der Waals surface area contributed by atoms with E-state index in [-0.39, 0.29) is 0 Å². The molecule has 0 atom stereocenters. The molecule has 2 aliphatic rings. The summed E-state index contributed by atoms with van der Waals surface area (Å²) in [5.74, 6) is 4.17. The fraction of sp³-hybridized carbons (Fsp3) is 0. The van der Waals surface area contributed by atoms with E-state index in [0.717, 1.165) is 32.9 Å². The third kappa shape index (κ3) is 3.29. The van der Waals surface area contributed by atoms with E-state index in [1.807, 2.05) is 0 Å². The van der Waals surface area contributed by atoms with E-state index in [1.165, 1.54) is 26.3 Å². The molecule has 210 valence electrons. The zero-order valence-corrected chi connectivity index (χ0v) is 25.9. The zero-order valence-electron chi connectivity index (χ0n) is 24.0. The van der Waals surface area contributed by atoms with E-state index in [4.69, 9.17) is 9.05 Å². The van der Waals surface area contributed by atoms with Crippen molar-refractivity contribution in [2.45, 2.75) is 0 Å². The zero-order chi connectivity index (χ0) is 29.2. The normalized spacial score (nSPS) is 16.5. The van der Waals surface area contributed by atoms with Crippen molar-refractivity contribution in [3.63, 3.8) is 0 Å². The second kappa shape index (κ2) is 9.27. The number of hydrogen-bond donors (Lipinski definition) is 0. The van der Waals surface area contributed by atoms with Gasteiger partial charge in [-0.2, -0.15) is 0 Å². The van der Waals surface area contributed by atoms with Crippen molar-refractivity contribution in [3.8, 4) is 11.5 Å². The van der Waals surface area contributed by atoms with Gasteiger partial charge in [0.2, 0.25) is 0 Å². The monoisotopic (exact) mass is 600 g/mol. The molecule has 1 spiro atoms. The van der Waals surface area contributed by atoms with Gasteiger partial charge in [0.1, 0.15) is 0 Å². The molecule has 2 nitrogen and oxygen atoms in total. The summed E-state index contributed by atoms with van der Waals surface area (Å²) in [4.78, 5) is 0. The molecular weight excluding hydrogens is 571 g/mol. The van der Waals surface area contributed by atoms with E-state index < -0.39 is 15.1 Å². The Bertz CT molecular complexity index is 2050. The predicted octanol–water partition coefficient (Wildman–Crippen LogP) is 7.34. The number of benzene rings is 7. The van der Waals surface area contributed by atoms with Crippen molar-refractivity contribution in [1.82, 2.24) is 0 Å². The van der Waals surface area contributed by atoms with Crippen LogP contribution in [0.15, 0.2) is 175 Å². The van der Waals surface area contributed by atoms with Crippen molar-refractivity contribution in [1.29, 1.82) is 0 Å². The Labute approximate surface area is 258 Å². The molecule has 4 heteroatoms. The van der Waals surface area contributed by atoms with Crippen molar-refractivity contribution in [3.05, 3.63) is 175 Å². The average Bonchev–Trinajstić information content (AvgIpc) is 3.55. The molecule has 0 unspecified atom stereocenters. The molecule has 0 N–H and O–H groups in total. The van der Waals surface area contributed by atoms with E-state index in [1.54, 1.807) is 0 Å². The van der Waals surface area contributed by atoms with Crippen LogP contribution >= 0.6 is 7.06 Å². The van der Waals surface area contributed by atoms with Gasteiger partial charge in [-0.15, -0.1) is 0 Å². The van der Waals surface area contributed by atoms with Crippen LogP contribution in [-0.2, 0) is 0 Å². The molecule has 7 aromatic carbocycles. The third-order valence-corrected chi connectivity index (χ3v) is 18.5. The molecule has 0 saturated heterocycles. The first-order valence-corrected chi connectivity index (χ1v) is 19.3. The van der Waals surface area contributed by atoms with E-state index in [2.05, 4.69) is 175 Å². The summed E-state index contributed by atoms with van der Waals surface area (Å²) in [6.45, 7) is 0. The fourth-order valence-electron chi connectivity index (χ4n) is 7.53. The SMILES string of the molecule is C(=C\P12(Oc3cccc4cccc1c34)Oc1cccc3cccc2c13)/[Si](c1ccccc1)(c1ccccc1)c1ccccc1. The second-order valence-electron chi connectivity index (χ2n) is 11.7. The molecule has 9 rings (SSSR count). The Morgan fingerprint density at radius 3 is 1.20 bits per heavy atom. The van der Waals surface area contributed by atoms with Crippen molar-refractivity contribution in [2.75, 3.05) is 0 Å². The van der Waals surface area contributed by atoms with Crippen molar-refractivity contribution < 1.29 is 9.05 Å². The minimum atomic E-state index is -3.91. The van der Waals surface area contributed by atoms with Crippen molar-refractivity contribution >= 4 is 62.8 Å². The van der Waals surface area contributed by atoms with Crippen LogP contribution in [0.25, 0.3) is 21.5 Å². The van der Waals surface area contributed by atoms with Crippen LogP contribution in [0.5, 0.6) is 11.5 Å². The molecule has 0 bridgehead atoms. The van der Waals surface area contributed by atoms with Crippen LogP contribution in [0.4, 0.5) is 0 Å². The average molecular weight is 601 g/mol. The first-order chi connectivity index (χ1) is 21.7. The van der Waals surface area contributed by atoms with Gasteiger partial charge in [0, 0.05) is 0 Å². The first kappa shape index (κ1) is 25.5. The van der Waals surface area contributed by atoms with Gasteiger partial charge in [-0.05, 0) is 0 Å². The molecule has 0 radical (unpaired) electrons. The molecule has 2 heterocycles. The molecule has 0 fully saturated rings. The van der Waals surface area contributed by atoms with Crippen LogP contribution in [0.3, 0.4) is 0 Å². The van der Waals surface area contributed by atoms with Gasteiger partial charge in [-0.1, -0.05) is 0 Å². The summed E-state index contributed by atoms with van der Waals surface area (Å²) < 4.78 is 15.0. The predicted molar refractivity (Wildman–Crippen MR) is 188 cm³/mol. The molecule has 0 aromatic heterocycles. The van der Waals surface area contributed by atoms with Gasteiger partial charge in [0.25, 0.3) is 0 Å². The van der Waals surface area contributed by atoms with Gasteiger partial charge >= 0.3 is 259 Å². The summed E-state index contributed by atoms with van der Waals surface area (Å²) in [6, 6.07) is 58.9. The van der Waals surface area contributed by atoms with Crippen LogP contribution in [0.1, 0.15) is 0 Å².